The number of hydrogen-bond acceptors (Lipinski definition) is 1. The molecule has 0 bridgehead atoms. The minimum Gasteiger partial charge on any atom is -0.309 e. The number of ether oxygens (including phenoxy) is 1. The topological polar surface area (TPSA) is 9.23 Å². The molecular formula is C32H40F2O. The molecule has 2 aliphatic carbocycles. The maximum absolute atomic E-state index is 15.0. The Hall–Kier alpha value is -2.26. The van der Waals surface area contributed by atoms with Crippen molar-refractivity contribution in [1.82, 2.24) is 0 Å². The molecule has 0 spiro atoms. The Morgan fingerprint density at radius 3 is 1.77 bits per heavy atom. The summed E-state index contributed by atoms with van der Waals surface area (Å²) < 4.78 is 35.3. The van der Waals surface area contributed by atoms with Gasteiger partial charge in [0.1, 0.15) is 0 Å². The van der Waals surface area contributed by atoms with Crippen LogP contribution in [0.5, 0.6) is 0 Å². The van der Waals surface area contributed by atoms with E-state index in [4.69, 9.17) is 4.74 Å². The summed E-state index contributed by atoms with van der Waals surface area (Å²) in [5.74, 6) is 2.31. The van der Waals surface area contributed by atoms with Crippen LogP contribution in [0.1, 0.15) is 105 Å². The van der Waals surface area contributed by atoms with E-state index in [1.165, 1.54) is 31.2 Å². The highest BCUT2D eigenvalue weighted by molar-refractivity contribution is 5.29. The molecule has 2 aromatic rings. The lowest BCUT2D eigenvalue weighted by molar-refractivity contribution is -0.272. The van der Waals surface area contributed by atoms with E-state index in [-0.39, 0.29) is 5.56 Å². The maximum Gasteiger partial charge on any atom is 0.383 e. The second kappa shape index (κ2) is 11.6. The van der Waals surface area contributed by atoms with E-state index in [2.05, 4.69) is 43.9 Å². The molecule has 2 aromatic carbocycles. The summed E-state index contributed by atoms with van der Waals surface area (Å²) in [4.78, 5) is 0. The lowest BCUT2D eigenvalue weighted by Gasteiger charge is -2.28. The monoisotopic (exact) mass is 478 g/mol. The molecule has 0 radical (unpaired) electrons. The van der Waals surface area contributed by atoms with Crippen molar-refractivity contribution in [3.63, 3.8) is 0 Å². The Bertz CT molecular complexity index is 960. The number of allylic oxidation sites excluding steroid dienone is 3. The molecule has 0 amide bonds. The second-order valence-corrected chi connectivity index (χ2v) is 10.6. The Morgan fingerprint density at radius 2 is 1.29 bits per heavy atom. The SMILES string of the molecule is C=CC1CCC(c2ccc(C(C)OC(F)(F)c3ccc(C4CCC(/C=C/C)CC4)cc3)cc2)CC1. The highest BCUT2D eigenvalue weighted by atomic mass is 19.3. The van der Waals surface area contributed by atoms with E-state index in [0.717, 1.165) is 36.8 Å². The summed E-state index contributed by atoms with van der Waals surface area (Å²) in [6.45, 7) is 7.69. The van der Waals surface area contributed by atoms with Gasteiger partial charge in [-0.15, -0.1) is 6.58 Å². The molecule has 1 unspecified atom stereocenters. The first-order chi connectivity index (χ1) is 16.9. The van der Waals surface area contributed by atoms with Gasteiger partial charge in [0.25, 0.3) is 0 Å². The van der Waals surface area contributed by atoms with Crippen molar-refractivity contribution in [3.05, 3.63) is 95.6 Å². The number of halogens is 2. The van der Waals surface area contributed by atoms with E-state index >= 15 is 8.78 Å². The van der Waals surface area contributed by atoms with Crippen LogP contribution < -0.4 is 0 Å². The fraction of sp³-hybridized carbons (Fsp3) is 0.500. The van der Waals surface area contributed by atoms with Gasteiger partial charge in [-0.2, -0.15) is 8.78 Å². The van der Waals surface area contributed by atoms with Crippen LogP contribution in [0, 0.1) is 11.8 Å². The molecule has 0 aromatic heterocycles. The molecule has 35 heavy (non-hydrogen) atoms. The van der Waals surface area contributed by atoms with Crippen LogP contribution in [0.4, 0.5) is 8.78 Å². The first-order valence-corrected chi connectivity index (χ1v) is 13.4. The Morgan fingerprint density at radius 1 is 0.800 bits per heavy atom. The van der Waals surface area contributed by atoms with Gasteiger partial charge in [-0.1, -0.05) is 66.8 Å². The van der Waals surface area contributed by atoms with Crippen molar-refractivity contribution in [1.29, 1.82) is 0 Å². The lowest BCUT2D eigenvalue weighted by Crippen LogP contribution is -2.20. The Labute approximate surface area is 210 Å². The fourth-order valence-electron chi connectivity index (χ4n) is 5.95. The van der Waals surface area contributed by atoms with Gasteiger partial charge in [0, 0.05) is 0 Å². The molecular weight excluding hydrogens is 438 g/mol. The van der Waals surface area contributed by atoms with Crippen molar-refractivity contribution in [3.8, 4) is 0 Å². The number of hydrogen-bond donors (Lipinski definition) is 0. The van der Waals surface area contributed by atoms with Crippen LogP contribution in [0.2, 0.25) is 0 Å². The fourth-order valence-corrected chi connectivity index (χ4v) is 5.95. The second-order valence-electron chi connectivity index (χ2n) is 10.6. The van der Waals surface area contributed by atoms with E-state index in [9.17, 15) is 0 Å². The van der Waals surface area contributed by atoms with Crippen LogP contribution >= 0.6 is 0 Å². The minimum absolute atomic E-state index is 0.0775. The van der Waals surface area contributed by atoms with Crippen molar-refractivity contribution in [2.75, 3.05) is 0 Å². The van der Waals surface area contributed by atoms with Crippen molar-refractivity contribution < 1.29 is 13.5 Å². The molecule has 2 fully saturated rings. The molecule has 1 atom stereocenters. The molecule has 2 aliphatic rings. The molecule has 2 saturated carbocycles. The van der Waals surface area contributed by atoms with Gasteiger partial charge in [0.05, 0.1) is 11.7 Å². The third-order valence-corrected chi connectivity index (χ3v) is 8.26. The van der Waals surface area contributed by atoms with Gasteiger partial charge < -0.3 is 4.74 Å². The predicted octanol–water partition coefficient (Wildman–Crippen LogP) is 9.82. The van der Waals surface area contributed by atoms with E-state index < -0.39 is 12.2 Å². The average Bonchev–Trinajstić information content (AvgIpc) is 2.89. The Kier molecular flexibility index (Phi) is 8.59. The number of rotatable bonds is 8. The zero-order chi connectivity index (χ0) is 24.8. The van der Waals surface area contributed by atoms with Crippen LogP contribution in [-0.4, -0.2) is 0 Å². The average molecular weight is 479 g/mol. The van der Waals surface area contributed by atoms with Gasteiger partial charge in [0.15, 0.2) is 0 Å². The predicted molar refractivity (Wildman–Crippen MR) is 141 cm³/mol. The summed E-state index contributed by atoms with van der Waals surface area (Å²) in [5.41, 5.74) is 3.16. The number of benzene rings is 2. The van der Waals surface area contributed by atoms with Crippen LogP contribution in [-0.2, 0) is 10.8 Å². The van der Waals surface area contributed by atoms with E-state index in [1.807, 2.05) is 24.3 Å². The van der Waals surface area contributed by atoms with Gasteiger partial charge in [-0.25, -0.2) is 0 Å². The third kappa shape index (κ3) is 6.50. The maximum atomic E-state index is 15.0. The van der Waals surface area contributed by atoms with Gasteiger partial charge >= 0.3 is 6.11 Å². The van der Waals surface area contributed by atoms with E-state index in [0.29, 0.717) is 23.7 Å². The van der Waals surface area contributed by atoms with E-state index in [1.54, 1.807) is 19.1 Å². The highest BCUT2D eigenvalue weighted by Crippen LogP contribution is 2.40. The summed E-state index contributed by atoms with van der Waals surface area (Å²) in [6, 6.07) is 14.9. The summed E-state index contributed by atoms with van der Waals surface area (Å²) in [6.07, 6.45) is 11.7. The largest absolute Gasteiger partial charge is 0.383 e. The molecule has 188 valence electrons. The summed E-state index contributed by atoms with van der Waals surface area (Å²) in [5, 5.41) is 0. The standard InChI is InChI=1S/C32H40F2O/c1-4-6-25-9-13-28(14-10-25)30-19-21-31(22-20-30)32(33,34)35-23(3)26-15-17-29(18-16-26)27-11-7-24(5-2)8-12-27/h4-6,15-25,27-28H,2,7-14H2,1,3H3/b6-4+. The van der Waals surface area contributed by atoms with Crippen molar-refractivity contribution >= 4 is 0 Å². The summed E-state index contributed by atoms with van der Waals surface area (Å²) >= 11 is 0. The molecule has 0 aliphatic heterocycles. The zero-order valence-corrected chi connectivity index (χ0v) is 21.3. The smallest absolute Gasteiger partial charge is 0.309 e. The van der Waals surface area contributed by atoms with Gasteiger partial charge in [-0.3, -0.25) is 0 Å². The van der Waals surface area contributed by atoms with Gasteiger partial charge in [-0.05, 0) is 106 Å². The zero-order valence-electron chi connectivity index (χ0n) is 21.3. The molecule has 0 heterocycles. The Balaban J connectivity index is 1.34. The molecule has 0 saturated heterocycles. The first-order valence-electron chi connectivity index (χ1n) is 13.4. The molecule has 4 rings (SSSR count). The van der Waals surface area contributed by atoms with Crippen molar-refractivity contribution in [2.45, 2.75) is 89.3 Å². The third-order valence-electron chi connectivity index (χ3n) is 8.26. The van der Waals surface area contributed by atoms with Crippen LogP contribution in [0.3, 0.4) is 0 Å². The molecule has 1 nitrogen and oxygen atoms in total. The van der Waals surface area contributed by atoms with Crippen LogP contribution in [0.15, 0.2) is 73.3 Å². The van der Waals surface area contributed by atoms with Crippen LogP contribution in [0.25, 0.3) is 0 Å². The quantitative estimate of drug-likeness (QED) is 0.343. The minimum atomic E-state index is -3.33. The van der Waals surface area contributed by atoms with Crippen molar-refractivity contribution in [2.24, 2.45) is 11.8 Å². The molecule has 3 heteroatoms. The summed E-state index contributed by atoms with van der Waals surface area (Å²) in [7, 11) is 0. The first kappa shape index (κ1) is 25.8. The number of alkyl halides is 2. The molecule has 0 N–H and O–H groups in total. The lowest BCUT2D eigenvalue weighted by atomic mass is 9.78. The normalized spacial score (nSPS) is 26.5. The van der Waals surface area contributed by atoms with Gasteiger partial charge in [0.2, 0.25) is 0 Å². The highest BCUT2D eigenvalue weighted by Gasteiger charge is 2.35.